The topological polar surface area (TPSA) is 55.1 Å². The lowest BCUT2D eigenvalue weighted by Gasteiger charge is -2.13. The average molecular weight is 166 g/mol. The fourth-order valence-corrected chi connectivity index (χ4v) is 1.07. The summed E-state index contributed by atoms with van der Waals surface area (Å²) in [4.78, 5) is 11.0. The molecular weight excluding hydrogens is 152 g/mol. The lowest BCUT2D eigenvalue weighted by Crippen LogP contribution is -2.25. The van der Waals surface area contributed by atoms with Crippen LogP contribution < -0.4 is 11.1 Å². The minimum atomic E-state index is 0.0308. The van der Waals surface area contributed by atoms with Crippen LogP contribution in [0.15, 0.2) is 23.5 Å². The number of amides is 1. The van der Waals surface area contributed by atoms with Gasteiger partial charge in [0.15, 0.2) is 0 Å². The van der Waals surface area contributed by atoms with Gasteiger partial charge in [0.1, 0.15) is 0 Å². The van der Waals surface area contributed by atoms with Crippen LogP contribution in [-0.4, -0.2) is 5.91 Å². The van der Waals surface area contributed by atoms with Crippen molar-refractivity contribution in [2.24, 2.45) is 5.73 Å². The van der Waals surface area contributed by atoms with E-state index in [1.165, 1.54) is 0 Å². The van der Waals surface area contributed by atoms with E-state index in [9.17, 15) is 4.79 Å². The number of hydrogen-bond acceptors (Lipinski definition) is 2. The molecule has 0 spiro atoms. The summed E-state index contributed by atoms with van der Waals surface area (Å²) in [6.45, 7) is 1.82. The molecule has 0 aliphatic heterocycles. The molecule has 0 heterocycles. The predicted molar refractivity (Wildman–Crippen MR) is 48.0 cm³/mol. The van der Waals surface area contributed by atoms with Crippen molar-refractivity contribution in [2.45, 2.75) is 26.2 Å². The Balaban J connectivity index is 2.61. The normalized spacial score (nSPS) is 16.4. The third-order valence-electron chi connectivity index (χ3n) is 1.82. The molecule has 12 heavy (non-hydrogen) atoms. The third-order valence-corrected chi connectivity index (χ3v) is 1.82. The van der Waals surface area contributed by atoms with Crippen LogP contribution >= 0.6 is 0 Å². The second-order valence-corrected chi connectivity index (χ2v) is 2.78. The molecule has 0 aromatic heterocycles. The number of allylic oxidation sites excluding steroid dienone is 3. The van der Waals surface area contributed by atoms with Crippen molar-refractivity contribution in [3.63, 3.8) is 0 Å². The number of carbonyl (C=O) groups is 1. The number of carbonyl (C=O) groups excluding carboxylic acids is 1. The highest BCUT2D eigenvalue weighted by Gasteiger charge is 2.07. The van der Waals surface area contributed by atoms with Gasteiger partial charge in [0.25, 0.3) is 0 Å². The lowest BCUT2D eigenvalue weighted by molar-refractivity contribution is -0.120. The van der Waals surface area contributed by atoms with Crippen LogP contribution in [-0.2, 0) is 4.79 Å². The molecule has 1 aliphatic rings. The fourth-order valence-electron chi connectivity index (χ4n) is 1.07. The van der Waals surface area contributed by atoms with Crippen LogP contribution in [0.4, 0.5) is 0 Å². The number of nitrogens with one attached hydrogen (secondary N) is 1. The Hall–Kier alpha value is -1.25. The van der Waals surface area contributed by atoms with Crippen molar-refractivity contribution in [3.05, 3.63) is 23.5 Å². The maximum absolute atomic E-state index is 11.0. The fraction of sp³-hybridized carbons (Fsp3) is 0.444. The van der Waals surface area contributed by atoms with Crippen molar-refractivity contribution in [1.29, 1.82) is 0 Å². The van der Waals surface area contributed by atoms with Gasteiger partial charge in [-0.25, -0.2) is 0 Å². The molecule has 3 N–H and O–H groups in total. The first kappa shape index (κ1) is 8.84. The van der Waals surface area contributed by atoms with Crippen LogP contribution in [0.2, 0.25) is 0 Å². The van der Waals surface area contributed by atoms with E-state index in [1.54, 1.807) is 0 Å². The van der Waals surface area contributed by atoms with E-state index in [0.29, 0.717) is 12.1 Å². The highest BCUT2D eigenvalue weighted by Crippen LogP contribution is 2.12. The van der Waals surface area contributed by atoms with Gasteiger partial charge in [-0.15, -0.1) is 0 Å². The van der Waals surface area contributed by atoms with Crippen LogP contribution in [0.1, 0.15) is 26.2 Å². The zero-order valence-electron chi connectivity index (χ0n) is 7.26. The summed E-state index contributed by atoms with van der Waals surface area (Å²) in [7, 11) is 0. The Labute approximate surface area is 72.3 Å². The average Bonchev–Trinajstić information content (AvgIpc) is 2.09. The molecule has 0 aromatic carbocycles. The van der Waals surface area contributed by atoms with Gasteiger partial charge in [-0.3, -0.25) is 4.79 Å². The SMILES string of the molecule is CCC(=O)NC1=C(N)C=CCC1. The Bertz CT molecular complexity index is 241. The van der Waals surface area contributed by atoms with E-state index in [2.05, 4.69) is 5.32 Å². The van der Waals surface area contributed by atoms with Crippen LogP contribution in [0.25, 0.3) is 0 Å². The zero-order chi connectivity index (χ0) is 8.97. The van der Waals surface area contributed by atoms with Gasteiger partial charge < -0.3 is 11.1 Å². The van der Waals surface area contributed by atoms with Crippen molar-refractivity contribution in [3.8, 4) is 0 Å². The summed E-state index contributed by atoms with van der Waals surface area (Å²) in [5, 5.41) is 2.78. The second kappa shape index (κ2) is 3.95. The number of rotatable bonds is 2. The van der Waals surface area contributed by atoms with Gasteiger partial charge in [0.2, 0.25) is 5.91 Å². The maximum atomic E-state index is 11.0. The standard InChI is InChI=1S/C9H14N2O/c1-2-9(12)11-8-6-4-3-5-7(8)10/h3,5H,2,4,6,10H2,1H3,(H,11,12). The van der Waals surface area contributed by atoms with Gasteiger partial charge in [0, 0.05) is 12.1 Å². The second-order valence-electron chi connectivity index (χ2n) is 2.78. The molecule has 0 bridgehead atoms. The molecular formula is C9H14N2O. The molecule has 3 nitrogen and oxygen atoms in total. The summed E-state index contributed by atoms with van der Waals surface area (Å²) in [5.41, 5.74) is 7.21. The summed E-state index contributed by atoms with van der Waals surface area (Å²) in [6, 6.07) is 0. The van der Waals surface area contributed by atoms with E-state index in [-0.39, 0.29) is 5.91 Å². The molecule has 0 aromatic rings. The molecule has 0 saturated heterocycles. The molecule has 1 amide bonds. The highest BCUT2D eigenvalue weighted by atomic mass is 16.1. The smallest absolute Gasteiger partial charge is 0.223 e. The summed E-state index contributed by atoms with van der Waals surface area (Å²) >= 11 is 0. The third kappa shape index (κ3) is 2.12. The van der Waals surface area contributed by atoms with Gasteiger partial charge in [-0.2, -0.15) is 0 Å². The highest BCUT2D eigenvalue weighted by molar-refractivity contribution is 5.77. The molecule has 0 atom stereocenters. The monoisotopic (exact) mass is 166 g/mol. The van der Waals surface area contributed by atoms with Crippen LogP contribution in [0, 0.1) is 0 Å². The van der Waals surface area contributed by atoms with Gasteiger partial charge in [0.05, 0.1) is 5.70 Å². The Morgan fingerprint density at radius 3 is 3.08 bits per heavy atom. The van der Waals surface area contributed by atoms with E-state index in [4.69, 9.17) is 5.73 Å². The van der Waals surface area contributed by atoms with Gasteiger partial charge >= 0.3 is 0 Å². The largest absolute Gasteiger partial charge is 0.397 e. The molecule has 0 saturated carbocycles. The summed E-state index contributed by atoms with van der Waals surface area (Å²) in [5.74, 6) is 0.0308. The van der Waals surface area contributed by atoms with E-state index < -0.39 is 0 Å². The van der Waals surface area contributed by atoms with Crippen molar-refractivity contribution in [1.82, 2.24) is 5.32 Å². The molecule has 1 rings (SSSR count). The van der Waals surface area contributed by atoms with Crippen molar-refractivity contribution in [2.75, 3.05) is 0 Å². The number of nitrogens with two attached hydrogens (primary N) is 1. The van der Waals surface area contributed by atoms with Crippen LogP contribution in [0.5, 0.6) is 0 Å². The predicted octanol–water partition coefficient (Wildman–Crippen LogP) is 1.03. The van der Waals surface area contributed by atoms with Gasteiger partial charge in [-0.1, -0.05) is 13.0 Å². The first-order chi connectivity index (χ1) is 5.74. The Morgan fingerprint density at radius 2 is 2.50 bits per heavy atom. The first-order valence-electron chi connectivity index (χ1n) is 4.19. The lowest BCUT2D eigenvalue weighted by atomic mass is 10.1. The molecule has 0 unspecified atom stereocenters. The van der Waals surface area contributed by atoms with E-state index >= 15 is 0 Å². The maximum Gasteiger partial charge on any atom is 0.223 e. The van der Waals surface area contributed by atoms with E-state index in [0.717, 1.165) is 18.5 Å². The minimum Gasteiger partial charge on any atom is -0.397 e. The summed E-state index contributed by atoms with van der Waals surface area (Å²) < 4.78 is 0. The minimum absolute atomic E-state index is 0.0308. The summed E-state index contributed by atoms with van der Waals surface area (Å²) in [6.07, 6.45) is 6.15. The van der Waals surface area contributed by atoms with Crippen LogP contribution in [0.3, 0.4) is 0 Å². The molecule has 0 radical (unpaired) electrons. The number of hydrogen-bond donors (Lipinski definition) is 2. The molecule has 3 heteroatoms. The quantitative estimate of drug-likeness (QED) is 0.643. The molecule has 66 valence electrons. The zero-order valence-corrected chi connectivity index (χ0v) is 7.26. The Kier molecular flexibility index (Phi) is 2.91. The van der Waals surface area contributed by atoms with Crippen molar-refractivity contribution >= 4 is 5.91 Å². The van der Waals surface area contributed by atoms with Gasteiger partial charge in [-0.05, 0) is 18.9 Å². The first-order valence-corrected chi connectivity index (χ1v) is 4.19. The van der Waals surface area contributed by atoms with E-state index in [1.807, 2.05) is 19.1 Å². The molecule has 1 aliphatic carbocycles. The molecule has 0 fully saturated rings. The Morgan fingerprint density at radius 1 is 1.75 bits per heavy atom. The van der Waals surface area contributed by atoms with Crippen molar-refractivity contribution < 1.29 is 4.79 Å².